The average molecular weight is 438 g/mol. The zero-order valence-electron chi connectivity index (χ0n) is 16.2. The van der Waals surface area contributed by atoms with E-state index in [1.165, 1.54) is 29.2 Å². The maximum Gasteiger partial charge on any atom is 0.416 e. The third-order valence-corrected chi connectivity index (χ3v) is 6.17. The highest BCUT2D eigenvalue weighted by Gasteiger charge is 2.36. The average Bonchev–Trinajstić information content (AvgIpc) is 3.10. The van der Waals surface area contributed by atoms with Crippen molar-refractivity contribution in [3.8, 4) is 0 Å². The van der Waals surface area contributed by atoms with Crippen LogP contribution in [0.4, 0.5) is 18.9 Å². The van der Waals surface area contributed by atoms with Crippen molar-refractivity contribution < 1.29 is 26.4 Å². The highest BCUT2D eigenvalue weighted by Crippen LogP contribution is 2.34. The minimum Gasteiger partial charge on any atom is -0.380 e. The number of sulfone groups is 1. The molecule has 0 radical (unpaired) electrons. The van der Waals surface area contributed by atoms with E-state index in [-0.39, 0.29) is 35.5 Å². The molecule has 2 aromatic carbocycles. The third kappa shape index (κ3) is 4.84. The van der Waals surface area contributed by atoms with Crippen LogP contribution in [0.25, 0.3) is 0 Å². The summed E-state index contributed by atoms with van der Waals surface area (Å²) in [6.07, 6.45) is -2.19. The molecule has 1 N–H and O–H groups in total. The Bertz CT molecular complexity index is 1070. The number of anilines is 1. The molecule has 0 unspecified atom stereocenters. The first-order valence-corrected chi connectivity index (χ1v) is 11.0. The summed E-state index contributed by atoms with van der Waals surface area (Å²) in [5, 5.41) is 3.09. The fourth-order valence-electron chi connectivity index (χ4n) is 3.57. The summed E-state index contributed by atoms with van der Waals surface area (Å²) in [4.78, 5) is 13.8. The molecule has 9 heteroatoms. The number of carbonyl (C=O) groups is 1. The van der Waals surface area contributed by atoms with Gasteiger partial charge in [-0.1, -0.05) is 24.8 Å². The van der Waals surface area contributed by atoms with Crippen molar-refractivity contribution in [2.45, 2.75) is 23.0 Å². The van der Waals surface area contributed by atoms with Gasteiger partial charge in [-0.2, -0.15) is 13.2 Å². The molecule has 0 aromatic heterocycles. The number of hydrogen-bond acceptors (Lipinski definition) is 4. The van der Waals surface area contributed by atoms with E-state index in [2.05, 4.69) is 11.9 Å². The SMILES string of the molecule is C=CC(=O)N1C[C@@H](Nc2cccc(C(F)(F)F)c2)[C@H](c2cccc(S(C)(=O)=O)c2)C1. The van der Waals surface area contributed by atoms with Crippen molar-refractivity contribution in [2.24, 2.45) is 0 Å². The fraction of sp³-hybridized carbons (Fsp3) is 0.286. The molecular weight excluding hydrogens is 417 g/mol. The van der Waals surface area contributed by atoms with Crippen molar-refractivity contribution >= 4 is 21.4 Å². The molecule has 2 aromatic rings. The first-order valence-electron chi connectivity index (χ1n) is 9.14. The Kier molecular flexibility index (Phi) is 5.94. The molecule has 0 aliphatic carbocycles. The highest BCUT2D eigenvalue weighted by atomic mass is 32.2. The van der Waals surface area contributed by atoms with Gasteiger partial charge in [-0.25, -0.2) is 8.42 Å². The van der Waals surface area contributed by atoms with E-state index in [0.717, 1.165) is 18.4 Å². The number of nitrogens with zero attached hydrogens (tertiary/aromatic N) is 1. The molecule has 1 amide bonds. The minimum absolute atomic E-state index is 0.145. The first-order chi connectivity index (χ1) is 14.0. The number of likely N-dealkylation sites (tertiary alicyclic amines) is 1. The number of rotatable bonds is 5. The van der Waals surface area contributed by atoms with Gasteiger partial charge in [-0.3, -0.25) is 4.79 Å². The van der Waals surface area contributed by atoms with Crippen molar-refractivity contribution in [1.29, 1.82) is 0 Å². The van der Waals surface area contributed by atoms with Crippen LogP contribution in [0.15, 0.2) is 66.1 Å². The number of alkyl halides is 3. The predicted octanol–water partition coefficient (Wildman–Crippen LogP) is 3.70. The van der Waals surface area contributed by atoms with E-state index in [0.29, 0.717) is 5.56 Å². The summed E-state index contributed by atoms with van der Waals surface area (Å²) in [6, 6.07) is 10.8. The van der Waals surface area contributed by atoms with Crippen LogP contribution < -0.4 is 5.32 Å². The summed E-state index contributed by atoms with van der Waals surface area (Å²) in [6.45, 7) is 4.01. The van der Waals surface area contributed by atoms with Crippen LogP contribution in [-0.4, -0.2) is 44.6 Å². The van der Waals surface area contributed by atoms with Crippen molar-refractivity contribution in [1.82, 2.24) is 4.90 Å². The normalized spacial score (nSPS) is 19.5. The van der Waals surface area contributed by atoms with Crippen molar-refractivity contribution in [3.05, 3.63) is 72.3 Å². The van der Waals surface area contributed by atoms with Gasteiger partial charge in [-0.05, 0) is 42.0 Å². The standard InChI is InChI=1S/C21H21F3N2O3S/c1-3-20(27)26-12-18(14-6-4-9-17(10-14)30(2,28)29)19(13-26)25-16-8-5-7-15(11-16)21(22,23)24/h3-11,18-19,25H,1,12-13H2,2H3/t18-,19+/m0/s1. The van der Waals surface area contributed by atoms with Gasteiger partial charge in [0.15, 0.2) is 9.84 Å². The third-order valence-electron chi connectivity index (χ3n) is 5.06. The molecule has 1 aliphatic rings. The van der Waals surface area contributed by atoms with E-state index >= 15 is 0 Å². The number of hydrogen-bond donors (Lipinski definition) is 1. The summed E-state index contributed by atoms with van der Waals surface area (Å²) in [5.74, 6) is -0.613. The number of nitrogens with one attached hydrogen (secondary N) is 1. The lowest BCUT2D eigenvalue weighted by molar-refractivity contribution is -0.137. The smallest absolute Gasteiger partial charge is 0.380 e. The van der Waals surface area contributed by atoms with Crippen LogP contribution in [0.3, 0.4) is 0 Å². The Morgan fingerprint density at radius 2 is 1.87 bits per heavy atom. The monoisotopic (exact) mass is 438 g/mol. The number of benzene rings is 2. The van der Waals surface area contributed by atoms with Gasteiger partial charge < -0.3 is 10.2 Å². The Hall–Kier alpha value is -2.81. The predicted molar refractivity (Wildman–Crippen MR) is 108 cm³/mol. The Morgan fingerprint density at radius 3 is 2.50 bits per heavy atom. The maximum atomic E-state index is 13.0. The molecule has 0 bridgehead atoms. The largest absolute Gasteiger partial charge is 0.416 e. The number of amides is 1. The molecule has 1 saturated heterocycles. The molecule has 1 aliphatic heterocycles. The molecule has 3 rings (SSSR count). The zero-order chi connectivity index (χ0) is 22.1. The van der Waals surface area contributed by atoms with Crippen molar-refractivity contribution in [3.63, 3.8) is 0 Å². The van der Waals surface area contributed by atoms with Crippen LogP contribution in [0.5, 0.6) is 0 Å². The highest BCUT2D eigenvalue weighted by molar-refractivity contribution is 7.90. The molecule has 1 fully saturated rings. The van der Waals surface area contributed by atoms with E-state index < -0.39 is 27.6 Å². The van der Waals surface area contributed by atoms with Gasteiger partial charge in [0.1, 0.15) is 0 Å². The van der Waals surface area contributed by atoms with Gasteiger partial charge in [0, 0.05) is 31.0 Å². The van der Waals surface area contributed by atoms with Crippen LogP contribution in [0.2, 0.25) is 0 Å². The lowest BCUT2D eigenvalue weighted by Crippen LogP contribution is -2.30. The second-order valence-corrected chi connectivity index (χ2v) is 9.24. The quantitative estimate of drug-likeness (QED) is 0.723. The van der Waals surface area contributed by atoms with Crippen LogP contribution in [0.1, 0.15) is 17.0 Å². The lowest BCUT2D eigenvalue weighted by Gasteiger charge is -2.22. The molecule has 30 heavy (non-hydrogen) atoms. The van der Waals surface area contributed by atoms with Gasteiger partial charge in [-0.15, -0.1) is 0 Å². The van der Waals surface area contributed by atoms with E-state index in [4.69, 9.17) is 0 Å². The van der Waals surface area contributed by atoms with E-state index in [9.17, 15) is 26.4 Å². The van der Waals surface area contributed by atoms with Gasteiger partial charge in [0.2, 0.25) is 5.91 Å². The summed E-state index contributed by atoms with van der Waals surface area (Å²) in [5.41, 5.74) is 0.175. The van der Waals surface area contributed by atoms with Gasteiger partial charge in [0.05, 0.1) is 16.5 Å². The lowest BCUT2D eigenvalue weighted by atomic mass is 9.94. The van der Waals surface area contributed by atoms with E-state index in [1.54, 1.807) is 18.2 Å². The van der Waals surface area contributed by atoms with Gasteiger partial charge >= 0.3 is 6.18 Å². The van der Waals surface area contributed by atoms with Crippen LogP contribution in [0, 0.1) is 0 Å². The second kappa shape index (κ2) is 8.14. The molecule has 160 valence electrons. The van der Waals surface area contributed by atoms with Crippen molar-refractivity contribution in [2.75, 3.05) is 24.7 Å². The van der Waals surface area contributed by atoms with E-state index in [1.807, 2.05) is 0 Å². The molecule has 5 nitrogen and oxygen atoms in total. The molecule has 2 atom stereocenters. The molecule has 0 spiro atoms. The Balaban J connectivity index is 1.94. The topological polar surface area (TPSA) is 66.5 Å². The van der Waals surface area contributed by atoms with Crippen LogP contribution >= 0.6 is 0 Å². The Labute approximate surface area is 173 Å². The maximum absolute atomic E-state index is 13.0. The summed E-state index contributed by atoms with van der Waals surface area (Å²) in [7, 11) is -3.43. The van der Waals surface area contributed by atoms with Crippen LogP contribution in [-0.2, 0) is 20.8 Å². The van der Waals surface area contributed by atoms with Gasteiger partial charge in [0.25, 0.3) is 0 Å². The molecule has 0 saturated carbocycles. The summed E-state index contributed by atoms with van der Waals surface area (Å²) < 4.78 is 63.0. The zero-order valence-corrected chi connectivity index (χ0v) is 17.0. The second-order valence-electron chi connectivity index (χ2n) is 7.23. The molecule has 1 heterocycles. The number of halogens is 3. The summed E-state index contributed by atoms with van der Waals surface area (Å²) >= 11 is 0. The number of carbonyl (C=O) groups excluding carboxylic acids is 1. The first kappa shape index (κ1) is 21.9. The fourth-order valence-corrected chi connectivity index (χ4v) is 4.25. The molecular formula is C21H21F3N2O3S. The minimum atomic E-state index is -4.47. The Morgan fingerprint density at radius 1 is 1.17 bits per heavy atom.